The number of ketones is 1. The molecule has 4 N–H and O–H groups in total. The Bertz CT molecular complexity index is 97.1. The molecule has 0 spiro atoms. The average molecular weight is 132 g/mol. The molecule has 4 nitrogen and oxygen atoms in total. The lowest BCUT2D eigenvalue weighted by Gasteiger charge is -1.71. The van der Waals surface area contributed by atoms with Crippen molar-refractivity contribution in [2.24, 2.45) is 11.5 Å². The van der Waals surface area contributed by atoms with E-state index >= 15 is 0 Å². The molecule has 0 bridgehead atoms. The van der Waals surface area contributed by atoms with E-state index in [1.807, 2.05) is 6.92 Å². The molecule has 0 aromatic carbocycles. The van der Waals surface area contributed by atoms with E-state index in [0.717, 1.165) is 0 Å². The molecule has 0 rings (SSSR count). The maximum Gasteiger partial charge on any atom is 0.309 e. The van der Waals surface area contributed by atoms with Gasteiger partial charge in [-0.1, -0.05) is 6.92 Å². The first-order valence-corrected chi connectivity index (χ1v) is 2.55. The number of Topliss-reactive ketones (excluding diaryl/α,β-unsaturated/α-hetero) is 1. The average Bonchev–Trinajstić information content (AvgIpc) is 1.65. The summed E-state index contributed by atoms with van der Waals surface area (Å²) < 4.78 is 0. The number of hydrogen-bond donors (Lipinski definition) is 2. The van der Waals surface area contributed by atoms with E-state index in [4.69, 9.17) is 4.79 Å². The van der Waals surface area contributed by atoms with Gasteiger partial charge in [-0.2, -0.15) is 0 Å². The summed E-state index contributed by atoms with van der Waals surface area (Å²) in [5, 5.41) is 0. The Morgan fingerprint density at radius 3 is 1.44 bits per heavy atom. The molecule has 9 heavy (non-hydrogen) atoms. The van der Waals surface area contributed by atoms with Crippen molar-refractivity contribution in [3.05, 3.63) is 0 Å². The van der Waals surface area contributed by atoms with Gasteiger partial charge >= 0.3 is 6.03 Å². The zero-order valence-corrected chi connectivity index (χ0v) is 5.68. The van der Waals surface area contributed by atoms with Crippen molar-refractivity contribution < 1.29 is 9.59 Å². The number of carbonyl (C=O) groups excluding carboxylic acids is 2. The van der Waals surface area contributed by atoms with Crippen molar-refractivity contribution in [3.8, 4) is 0 Å². The Morgan fingerprint density at radius 1 is 1.33 bits per heavy atom. The molecule has 0 fully saturated rings. The molecule has 0 atom stereocenters. The molecule has 0 unspecified atom stereocenters. The monoisotopic (exact) mass is 132 g/mol. The Kier molecular flexibility index (Phi) is 8.36. The second kappa shape index (κ2) is 6.94. The van der Waals surface area contributed by atoms with Crippen molar-refractivity contribution in [2.45, 2.75) is 20.3 Å². The van der Waals surface area contributed by atoms with Crippen LogP contribution in [0.4, 0.5) is 4.79 Å². The molecule has 0 saturated heterocycles. The second-order valence-electron chi connectivity index (χ2n) is 1.46. The highest BCUT2D eigenvalue weighted by molar-refractivity contribution is 5.74. The molecule has 0 aromatic heterocycles. The van der Waals surface area contributed by atoms with Crippen LogP contribution in [0.25, 0.3) is 0 Å². The molecule has 4 heteroatoms. The fourth-order valence-corrected chi connectivity index (χ4v) is 0. The van der Waals surface area contributed by atoms with Crippen molar-refractivity contribution >= 4 is 11.8 Å². The van der Waals surface area contributed by atoms with Gasteiger partial charge in [-0.25, -0.2) is 4.79 Å². The van der Waals surface area contributed by atoms with Crippen molar-refractivity contribution in [1.82, 2.24) is 0 Å². The van der Waals surface area contributed by atoms with Gasteiger partial charge in [0.05, 0.1) is 0 Å². The van der Waals surface area contributed by atoms with Gasteiger partial charge in [0.1, 0.15) is 5.78 Å². The first kappa shape index (κ1) is 10.8. The molecule has 54 valence electrons. The number of rotatable bonds is 1. The maximum atomic E-state index is 9.81. The number of hydrogen-bond acceptors (Lipinski definition) is 2. The predicted octanol–water partition coefficient (Wildman–Crippen LogP) is 0.00920. The molecular weight excluding hydrogens is 120 g/mol. The van der Waals surface area contributed by atoms with Gasteiger partial charge in [0, 0.05) is 6.42 Å². The van der Waals surface area contributed by atoms with Crippen molar-refractivity contribution in [3.63, 3.8) is 0 Å². The fraction of sp³-hybridized carbons (Fsp3) is 0.600. The van der Waals surface area contributed by atoms with Gasteiger partial charge in [0.2, 0.25) is 0 Å². The summed E-state index contributed by atoms with van der Waals surface area (Å²) in [6.07, 6.45) is 0.667. The van der Waals surface area contributed by atoms with Gasteiger partial charge < -0.3 is 16.3 Å². The zero-order valence-electron chi connectivity index (χ0n) is 5.68. The van der Waals surface area contributed by atoms with Gasteiger partial charge in [-0.05, 0) is 6.92 Å². The third-order valence-electron chi connectivity index (χ3n) is 0.498. The molecular formula is C5H12N2O2. The van der Waals surface area contributed by atoms with Gasteiger partial charge in [-0.15, -0.1) is 0 Å². The van der Waals surface area contributed by atoms with E-state index in [1.165, 1.54) is 0 Å². The van der Waals surface area contributed by atoms with Crippen LogP contribution in [0.15, 0.2) is 0 Å². The summed E-state index contributed by atoms with van der Waals surface area (Å²) in [4.78, 5) is 18.8. The van der Waals surface area contributed by atoms with Gasteiger partial charge in [0.25, 0.3) is 0 Å². The standard InChI is InChI=1S/C4H8O.CH4N2O/c1-3-4(2)5;2-1(3)4/h3H2,1-2H3;(H4,2,3,4). The van der Waals surface area contributed by atoms with Crippen LogP contribution in [-0.2, 0) is 4.79 Å². The smallest absolute Gasteiger partial charge is 0.309 e. The minimum atomic E-state index is -0.833. The summed E-state index contributed by atoms with van der Waals surface area (Å²) >= 11 is 0. The van der Waals surface area contributed by atoms with Crippen molar-refractivity contribution in [1.29, 1.82) is 0 Å². The topological polar surface area (TPSA) is 86.2 Å². The Hall–Kier alpha value is -1.06. The first-order valence-electron chi connectivity index (χ1n) is 2.55. The minimum Gasteiger partial charge on any atom is -0.352 e. The number of carbonyl (C=O) groups is 2. The third kappa shape index (κ3) is 192. The van der Waals surface area contributed by atoms with Crippen molar-refractivity contribution in [2.75, 3.05) is 0 Å². The SMILES string of the molecule is CCC(C)=O.NC(N)=O. The zero-order chi connectivity index (χ0) is 7.86. The highest BCUT2D eigenvalue weighted by Gasteiger charge is 1.76. The number of primary amides is 2. The predicted molar refractivity (Wildman–Crippen MR) is 34.7 cm³/mol. The van der Waals surface area contributed by atoms with Crippen LogP contribution >= 0.6 is 0 Å². The highest BCUT2D eigenvalue weighted by Crippen LogP contribution is 1.71. The number of nitrogens with two attached hydrogens (primary N) is 2. The molecule has 2 amide bonds. The van der Waals surface area contributed by atoms with E-state index < -0.39 is 6.03 Å². The molecule has 0 aliphatic rings. The van der Waals surface area contributed by atoms with Crippen LogP contribution in [0.5, 0.6) is 0 Å². The fourth-order valence-electron chi connectivity index (χ4n) is 0. The first-order chi connectivity index (χ1) is 4.00. The lowest BCUT2D eigenvalue weighted by atomic mass is 10.4. The van der Waals surface area contributed by atoms with E-state index in [9.17, 15) is 4.79 Å². The van der Waals surface area contributed by atoms with E-state index in [0.29, 0.717) is 6.42 Å². The van der Waals surface area contributed by atoms with Crippen LogP contribution in [0.3, 0.4) is 0 Å². The summed E-state index contributed by atoms with van der Waals surface area (Å²) in [5.74, 6) is 0.255. The lowest BCUT2D eigenvalue weighted by Crippen LogP contribution is -2.18. The molecule has 0 aliphatic carbocycles. The summed E-state index contributed by atoms with van der Waals surface area (Å²) in [6, 6.07) is -0.833. The van der Waals surface area contributed by atoms with Crippen LogP contribution in [0, 0.1) is 0 Å². The molecule has 0 aromatic rings. The molecule has 0 aliphatic heterocycles. The van der Waals surface area contributed by atoms with Crippen LogP contribution < -0.4 is 11.5 Å². The van der Waals surface area contributed by atoms with Crippen LogP contribution in [-0.4, -0.2) is 11.8 Å². The van der Waals surface area contributed by atoms with Gasteiger partial charge in [0.15, 0.2) is 0 Å². The molecule has 0 saturated carbocycles. The summed E-state index contributed by atoms with van der Waals surface area (Å²) in [7, 11) is 0. The lowest BCUT2D eigenvalue weighted by molar-refractivity contribution is -0.116. The Labute approximate surface area is 54.2 Å². The summed E-state index contributed by atoms with van der Waals surface area (Å²) in [6.45, 7) is 3.43. The Morgan fingerprint density at radius 2 is 1.44 bits per heavy atom. The normalized spacial score (nSPS) is 6.89. The van der Waals surface area contributed by atoms with Gasteiger partial charge in [-0.3, -0.25) is 0 Å². The van der Waals surface area contributed by atoms with Crippen LogP contribution in [0.2, 0.25) is 0 Å². The number of urea groups is 1. The second-order valence-corrected chi connectivity index (χ2v) is 1.46. The number of amides is 2. The van der Waals surface area contributed by atoms with E-state index in [-0.39, 0.29) is 5.78 Å². The third-order valence-corrected chi connectivity index (χ3v) is 0.498. The summed E-state index contributed by atoms with van der Waals surface area (Å²) in [5.41, 5.74) is 8.50. The van der Waals surface area contributed by atoms with E-state index in [2.05, 4.69) is 11.5 Å². The molecule has 0 heterocycles. The highest BCUT2D eigenvalue weighted by atomic mass is 16.2. The Balaban J connectivity index is 0. The maximum absolute atomic E-state index is 9.81. The van der Waals surface area contributed by atoms with Crippen LogP contribution in [0.1, 0.15) is 20.3 Å². The molecule has 0 radical (unpaired) electrons. The largest absolute Gasteiger partial charge is 0.352 e. The quantitative estimate of drug-likeness (QED) is 0.526. The van der Waals surface area contributed by atoms with E-state index in [1.54, 1.807) is 6.92 Å². The minimum absolute atomic E-state index is 0.255.